The van der Waals surface area contributed by atoms with Crippen molar-refractivity contribution in [3.63, 3.8) is 0 Å². The number of hydrogen-bond acceptors (Lipinski definition) is 2. The van der Waals surface area contributed by atoms with Gasteiger partial charge in [0, 0.05) is 0 Å². The van der Waals surface area contributed by atoms with Gasteiger partial charge in [-0.2, -0.15) is 0 Å². The van der Waals surface area contributed by atoms with Gasteiger partial charge in [0.1, 0.15) is 0 Å². The summed E-state index contributed by atoms with van der Waals surface area (Å²) >= 11 is 0. The minimum absolute atomic E-state index is 0.493. The zero-order valence-electron chi connectivity index (χ0n) is 8.23. The number of carbonyl (C=O) groups excluding carboxylic acids is 1. The van der Waals surface area contributed by atoms with Gasteiger partial charge in [0.05, 0.1) is 0 Å². The van der Waals surface area contributed by atoms with Crippen LogP contribution in [0.4, 0.5) is 4.79 Å². The second kappa shape index (κ2) is 4.45. The third-order valence-corrected chi connectivity index (χ3v) is 1.94. The third kappa shape index (κ3) is 2.98. The van der Waals surface area contributed by atoms with Crippen LogP contribution in [-0.2, 0) is 4.79 Å². The number of aliphatic carboxylic acids is 1. The van der Waals surface area contributed by atoms with Crippen molar-refractivity contribution in [3.05, 3.63) is 35.4 Å². The molecule has 2 amide bonds. The first-order chi connectivity index (χ1) is 7.00. The highest BCUT2D eigenvalue weighted by Gasteiger charge is 2.20. The van der Waals surface area contributed by atoms with Crippen molar-refractivity contribution >= 4 is 12.0 Å². The summed E-state index contributed by atoms with van der Waals surface area (Å²) in [6.45, 7) is 1.89. The molecule has 0 saturated heterocycles. The Morgan fingerprint density at radius 3 is 2.27 bits per heavy atom. The molecular formula is C10H12N2O3. The molecule has 0 heterocycles. The number of carboxylic acids is 1. The molecule has 0 radical (unpaired) electrons. The van der Waals surface area contributed by atoms with Crippen molar-refractivity contribution in [2.45, 2.75) is 13.0 Å². The molecule has 1 rings (SSSR count). The molecule has 1 aromatic carbocycles. The molecule has 0 aliphatic carbocycles. The molecule has 0 aliphatic rings. The molecule has 1 unspecified atom stereocenters. The first-order valence-corrected chi connectivity index (χ1v) is 4.36. The maximum absolute atomic E-state index is 10.9. The molecule has 1 atom stereocenters. The standard InChI is InChI=1S/C10H12N2O3/c1-6-2-4-7(5-3-6)8(9(13)14)12-10(11)15/h2-5,8H,1H3,(H,13,14)(H3,11,12,15). The fourth-order valence-corrected chi connectivity index (χ4v) is 1.19. The van der Waals surface area contributed by atoms with Crippen LogP contribution in [0.5, 0.6) is 0 Å². The maximum Gasteiger partial charge on any atom is 0.330 e. The molecule has 0 aromatic heterocycles. The molecule has 0 saturated carbocycles. The molecule has 5 nitrogen and oxygen atoms in total. The van der Waals surface area contributed by atoms with E-state index in [1.165, 1.54) is 0 Å². The van der Waals surface area contributed by atoms with Gasteiger partial charge in [0.15, 0.2) is 6.04 Å². The van der Waals surface area contributed by atoms with Gasteiger partial charge in [-0.3, -0.25) is 0 Å². The Morgan fingerprint density at radius 1 is 1.33 bits per heavy atom. The SMILES string of the molecule is Cc1ccc(C(NC(N)=O)C(=O)O)cc1. The normalized spacial score (nSPS) is 11.8. The Balaban J connectivity index is 2.94. The van der Waals surface area contributed by atoms with E-state index in [9.17, 15) is 9.59 Å². The number of carboxylic acid groups (broad SMARTS) is 1. The Bertz CT molecular complexity index is 373. The van der Waals surface area contributed by atoms with E-state index in [1.807, 2.05) is 6.92 Å². The van der Waals surface area contributed by atoms with E-state index in [-0.39, 0.29) is 0 Å². The average molecular weight is 208 g/mol. The van der Waals surface area contributed by atoms with Crippen LogP contribution in [-0.4, -0.2) is 17.1 Å². The van der Waals surface area contributed by atoms with Gasteiger partial charge < -0.3 is 16.2 Å². The Kier molecular flexibility index (Phi) is 3.28. The van der Waals surface area contributed by atoms with E-state index < -0.39 is 18.0 Å². The van der Waals surface area contributed by atoms with Crippen molar-refractivity contribution in [3.8, 4) is 0 Å². The second-order valence-corrected chi connectivity index (χ2v) is 3.19. The summed E-state index contributed by atoms with van der Waals surface area (Å²) < 4.78 is 0. The number of benzene rings is 1. The Labute approximate surface area is 86.9 Å². The largest absolute Gasteiger partial charge is 0.479 e. The molecule has 0 spiro atoms. The van der Waals surface area contributed by atoms with E-state index in [0.29, 0.717) is 5.56 Å². The topological polar surface area (TPSA) is 92.4 Å². The van der Waals surface area contributed by atoms with Gasteiger partial charge in [-0.25, -0.2) is 9.59 Å². The van der Waals surface area contributed by atoms with Crippen LogP contribution in [0.25, 0.3) is 0 Å². The van der Waals surface area contributed by atoms with Crippen LogP contribution in [0.1, 0.15) is 17.2 Å². The van der Waals surface area contributed by atoms with E-state index in [4.69, 9.17) is 10.8 Å². The van der Waals surface area contributed by atoms with Crippen molar-refractivity contribution in [1.29, 1.82) is 0 Å². The predicted molar refractivity (Wildman–Crippen MR) is 54.3 cm³/mol. The third-order valence-electron chi connectivity index (χ3n) is 1.94. The second-order valence-electron chi connectivity index (χ2n) is 3.19. The number of rotatable bonds is 3. The summed E-state index contributed by atoms with van der Waals surface area (Å²) in [6.07, 6.45) is 0. The molecule has 15 heavy (non-hydrogen) atoms. The number of hydrogen-bond donors (Lipinski definition) is 3. The lowest BCUT2D eigenvalue weighted by Gasteiger charge is -2.13. The number of nitrogens with one attached hydrogen (secondary N) is 1. The van der Waals surface area contributed by atoms with Crippen LogP contribution in [0, 0.1) is 6.92 Å². The fraction of sp³-hybridized carbons (Fsp3) is 0.200. The van der Waals surface area contributed by atoms with Gasteiger partial charge in [-0.15, -0.1) is 0 Å². The number of nitrogens with two attached hydrogens (primary N) is 1. The number of urea groups is 1. The summed E-state index contributed by atoms with van der Waals surface area (Å²) in [4.78, 5) is 21.5. The lowest BCUT2D eigenvalue weighted by atomic mass is 10.1. The molecule has 5 heteroatoms. The van der Waals surface area contributed by atoms with Crippen LogP contribution >= 0.6 is 0 Å². The molecular weight excluding hydrogens is 196 g/mol. The van der Waals surface area contributed by atoms with Crippen molar-refractivity contribution in [2.75, 3.05) is 0 Å². The smallest absolute Gasteiger partial charge is 0.330 e. The van der Waals surface area contributed by atoms with Gasteiger partial charge in [-0.05, 0) is 12.5 Å². The lowest BCUT2D eigenvalue weighted by molar-refractivity contribution is -0.139. The number of amides is 2. The van der Waals surface area contributed by atoms with Crippen molar-refractivity contribution in [2.24, 2.45) is 5.73 Å². The molecule has 1 aromatic rings. The first kappa shape index (κ1) is 11.0. The predicted octanol–water partition coefficient (Wildman–Crippen LogP) is 0.789. The minimum Gasteiger partial charge on any atom is -0.479 e. The number of aryl methyl sites for hydroxylation is 1. The summed E-state index contributed by atoms with van der Waals surface area (Å²) in [5, 5.41) is 11.0. The quantitative estimate of drug-likeness (QED) is 0.685. The summed E-state index contributed by atoms with van der Waals surface area (Å²) in [7, 11) is 0. The Hall–Kier alpha value is -2.04. The zero-order chi connectivity index (χ0) is 11.4. The highest BCUT2D eigenvalue weighted by Crippen LogP contribution is 2.13. The van der Waals surface area contributed by atoms with Crippen LogP contribution in [0.2, 0.25) is 0 Å². The van der Waals surface area contributed by atoms with Gasteiger partial charge in [-0.1, -0.05) is 29.8 Å². The average Bonchev–Trinajstić information content (AvgIpc) is 2.15. The van der Waals surface area contributed by atoms with Crippen LogP contribution in [0.15, 0.2) is 24.3 Å². The highest BCUT2D eigenvalue weighted by molar-refractivity contribution is 5.82. The maximum atomic E-state index is 10.9. The molecule has 0 aliphatic heterocycles. The van der Waals surface area contributed by atoms with Crippen LogP contribution < -0.4 is 11.1 Å². The van der Waals surface area contributed by atoms with E-state index in [1.54, 1.807) is 24.3 Å². The highest BCUT2D eigenvalue weighted by atomic mass is 16.4. The van der Waals surface area contributed by atoms with Gasteiger partial charge in [0.2, 0.25) is 0 Å². The van der Waals surface area contributed by atoms with Crippen LogP contribution in [0.3, 0.4) is 0 Å². The van der Waals surface area contributed by atoms with Crippen molar-refractivity contribution in [1.82, 2.24) is 5.32 Å². The first-order valence-electron chi connectivity index (χ1n) is 4.36. The molecule has 4 N–H and O–H groups in total. The zero-order valence-corrected chi connectivity index (χ0v) is 8.23. The summed E-state index contributed by atoms with van der Waals surface area (Å²) in [5.74, 6) is -1.14. The van der Waals surface area contributed by atoms with E-state index in [0.717, 1.165) is 5.56 Å². The number of carbonyl (C=O) groups is 2. The van der Waals surface area contributed by atoms with Crippen molar-refractivity contribution < 1.29 is 14.7 Å². The minimum atomic E-state index is -1.14. The van der Waals surface area contributed by atoms with E-state index in [2.05, 4.69) is 5.32 Å². The van der Waals surface area contributed by atoms with E-state index >= 15 is 0 Å². The Morgan fingerprint density at radius 2 is 1.87 bits per heavy atom. The molecule has 80 valence electrons. The molecule has 0 fully saturated rings. The monoisotopic (exact) mass is 208 g/mol. The number of primary amides is 1. The van der Waals surface area contributed by atoms with Gasteiger partial charge >= 0.3 is 12.0 Å². The van der Waals surface area contributed by atoms with Gasteiger partial charge in [0.25, 0.3) is 0 Å². The fourth-order valence-electron chi connectivity index (χ4n) is 1.19. The lowest BCUT2D eigenvalue weighted by Crippen LogP contribution is -2.37. The summed E-state index contributed by atoms with van der Waals surface area (Å²) in [5.41, 5.74) is 6.39. The summed E-state index contributed by atoms with van der Waals surface area (Å²) in [6, 6.07) is 4.88. The molecule has 0 bridgehead atoms.